The second kappa shape index (κ2) is 8.57. The molecule has 3 aromatic rings. The van der Waals surface area contributed by atoms with Crippen LogP contribution in [0.25, 0.3) is 0 Å². The van der Waals surface area contributed by atoms with E-state index in [0.717, 1.165) is 17.3 Å². The summed E-state index contributed by atoms with van der Waals surface area (Å²) in [6.45, 7) is 3.00. The molecule has 0 unspecified atom stereocenters. The average molecular weight is 482 g/mol. The molecule has 11 heteroatoms. The van der Waals surface area contributed by atoms with Crippen molar-refractivity contribution in [3.63, 3.8) is 0 Å². The molecule has 5 rings (SSSR count). The molecule has 2 N–H and O–H groups in total. The highest BCUT2D eigenvalue weighted by Crippen LogP contribution is 2.35. The quantitative estimate of drug-likeness (QED) is 0.572. The Morgan fingerprint density at radius 3 is 2.46 bits per heavy atom. The van der Waals surface area contributed by atoms with Crippen molar-refractivity contribution in [2.45, 2.75) is 13.1 Å². The molecule has 2 amide bonds. The Morgan fingerprint density at radius 1 is 0.971 bits per heavy atom. The summed E-state index contributed by atoms with van der Waals surface area (Å²) in [6.07, 6.45) is -4.61. The fourth-order valence-electron chi connectivity index (χ4n) is 4.27. The number of fused-ring (bicyclic) bond motifs is 2. The maximum Gasteiger partial charge on any atom is 0.417 e. The van der Waals surface area contributed by atoms with Crippen LogP contribution in [0.3, 0.4) is 0 Å². The van der Waals surface area contributed by atoms with Gasteiger partial charge in [0.25, 0.3) is 11.8 Å². The van der Waals surface area contributed by atoms with Crippen LogP contribution in [-0.4, -0.2) is 53.1 Å². The van der Waals surface area contributed by atoms with E-state index in [1.807, 2.05) is 24.0 Å². The van der Waals surface area contributed by atoms with Crippen molar-refractivity contribution in [1.82, 2.24) is 15.1 Å². The van der Waals surface area contributed by atoms with Gasteiger partial charge in [-0.3, -0.25) is 9.59 Å². The zero-order valence-corrected chi connectivity index (χ0v) is 18.7. The van der Waals surface area contributed by atoms with Crippen LogP contribution >= 0.6 is 0 Å². The molecule has 1 fully saturated rings. The summed E-state index contributed by atoms with van der Waals surface area (Å²) in [4.78, 5) is 28.9. The van der Waals surface area contributed by atoms with Gasteiger partial charge in [-0.2, -0.15) is 13.2 Å². The number of piperazine rings is 1. The number of aromatic nitrogens is 2. The number of carbonyl (C=O) groups is 2. The predicted octanol–water partition coefficient (Wildman–Crippen LogP) is 4.08. The highest BCUT2D eigenvalue weighted by Gasteiger charge is 2.36. The van der Waals surface area contributed by atoms with Crippen molar-refractivity contribution < 1.29 is 22.8 Å². The van der Waals surface area contributed by atoms with Crippen LogP contribution in [0, 0.1) is 6.92 Å². The lowest BCUT2D eigenvalue weighted by molar-refractivity contribution is -0.138. The molecular formula is C24H21F3N6O2. The molecule has 3 heterocycles. The first-order valence-corrected chi connectivity index (χ1v) is 11.0. The van der Waals surface area contributed by atoms with E-state index in [4.69, 9.17) is 0 Å². The van der Waals surface area contributed by atoms with Gasteiger partial charge in [-0.25, -0.2) is 0 Å². The first-order chi connectivity index (χ1) is 16.7. The maximum absolute atomic E-state index is 13.3. The van der Waals surface area contributed by atoms with Crippen molar-refractivity contribution in [3.8, 4) is 0 Å². The van der Waals surface area contributed by atoms with Crippen molar-refractivity contribution in [3.05, 3.63) is 70.8 Å². The number of anilines is 4. The highest BCUT2D eigenvalue weighted by molar-refractivity contribution is 6.12. The van der Waals surface area contributed by atoms with Gasteiger partial charge in [0.1, 0.15) is 0 Å². The molecule has 1 saturated heterocycles. The summed E-state index contributed by atoms with van der Waals surface area (Å²) in [5, 5.41) is 14.5. The van der Waals surface area contributed by atoms with Crippen LogP contribution in [0.15, 0.2) is 48.5 Å². The second-order valence-electron chi connectivity index (χ2n) is 8.36. The van der Waals surface area contributed by atoms with Gasteiger partial charge in [0.2, 0.25) is 0 Å². The Labute approximate surface area is 198 Å². The monoisotopic (exact) mass is 482 g/mol. The lowest BCUT2D eigenvalue weighted by Crippen LogP contribution is -2.49. The molecule has 0 atom stereocenters. The molecule has 0 saturated carbocycles. The number of alkyl halides is 3. The summed E-state index contributed by atoms with van der Waals surface area (Å²) < 4.78 is 40.0. The van der Waals surface area contributed by atoms with E-state index in [-0.39, 0.29) is 24.6 Å². The average Bonchev–Trinajstić information content (AvgIpc) is 2.99. The van der Waals surface area contributed by atoms with Gasteiger partial charge in [-0.05, 0) is 36.8 Å². The van der Waals surface area contributed by atoms with E-state index in [9.17, 15) is 22.8 Å². The summed E-state index contributed by atoms with van der Waals surface area (Å²) in [5.74, 6) is -0.212. The summed E-state index contributed by atoms with van der Waals surface area (Å²) in [7, 11) is 0. The number of halogens is 3. The number of benzene rings is 2. The molecule has 8 nitrogen and oxygen atoms in total. The minimum atomic E-state index is -4.61. The Hall–Kier alpha value is -4.15. The maximum atomic E-state index is 13.3. The van der Waals surface area contributed by atoms with Crippen LogP contribution < -0.4 is 15.5 Å². The van der Waals surface area contributed by atoms with Crippen LogP contribution in [0.1, 0.15) is 31.8 Å². The van der Waals surface area contributed by atoms with Gasteiger partial charge in [-0.1, -0.05) is 24.3 Å². The molecule has 0 aliphatic carbocycles. The van der Waals surface area contributed by atoms with Crippen molar-refractivity contribution in [2.75, 3.05) is 41.7 Å². The third-order valence-corrected chi connectivity index (χ3v) is 6.14. The predicted molar refractivity (Wildman–Crippen MR) is 124 cm³/mol. The normalized spacial score (nSPS) is 15.5. The third kappa shape index (κ3) is 4.25. The van der Waals surface area contributed by atoms with E-state index in [1.165, 1.54) is 23.1 Å². The first kappa shape index (κ1) is 22.6. The van der Waals surface area contributed by atoms with E-state index < -0.39 is 17.6 Å². The largest absolute Gasteiger partial charge is 0.417 e. The Balaban J connectivity index is 1.32. The topological polar surface area (TPSA) is 90.5 Å². The van der Waals surface area contributed by atoms with Gasteiger partial charge in [-0.15, -0.1) is 10.2 Å². The minimum Gasteiger partial charge on any atom is -0.352 e. The number of aryl methyl sites for hydroxylation is 1. The number of nitrogens with zero attached hydrogens (tertiary/aromatic N) is 4. The molecule has 0 spiro atoms. The number of hydrogen-bond acceptors (Lipinski definition) is 6. The van der Waals surface area contributed by atoms with Gasteiger partial charge in [0.15, 0.2) is 11.6 Å². The standard InChI is InChI=1S/C24H21F3N6O2/c1-14-5-4-8-18-20(14)29-21-16(22(34)28-18)13-19(30-31-21)32-9-11-33(12-10-32)23(35)15-6-2-3-7-17(15)24(25,26)27/h2-8,13H,9-12H2,1H3,(H,28,34)(H,29,31). The number of hydrogen-bond donors (Lipinski definition) is 2. The van der Waals surface area contributed by atoms with E-state index >= 15 is 0 Å². The van der Waals surface area contributed by atoms with Crippen LogP contribution in [-0.2, 0) is 6.18 Å². The van der Waals surface area contributed by atoms with Crippen LogP contribution in [0.4, 0.5) is 36.2 Å². The Bertz CT molecular complexity index is 1320. The number of nitrogens with one attached hydrogen (secondary N) is 2. The summed E-state index contributed by atoms with van der Waals surface area (Å²) >= 11 is 0. The lowest BCUT2D eigenvalue weighted by atomic mass is 10.1. The molecule has 35 heavy (non-hydrogen) atoms. The number of amides is 2. The van der Waals surface area contributed by atoms with E-state index in [2.05, 4.69) is 20.8 Å². The smallest absolute Gasteiger partial charge is 0.352 e. The summed E-state index contributed by atoms with van der Waals surface area (Å²) in [6, 6.07) is 12.0. The van der Waals surface area contributed by atoms with Crippen LogP contribution in [0.2, 0.25) is 0 Å². The molecule has 1 aromatic heterocycles. The fraction of sp³-hybridized carbons (Fsp3) is 0.250. The fourth-order valence-corrected chi connectivity index (χ4v) is 4.27. The summed E-state index contributed by atoms with van der Waals surface area (Å²) in [5.41, 5.74) is 1.33. The van der Waals surface area contributed by atoms with Gasteiger partial charge in [0, 0.05) is 26.2 Å². The number of rotatable bonds is 2. The van der Waals surface area contributed by atoms with Gasteiger partial charge >= 0.3 is 6.18 Å². The number of carbonyl (C=O) groups excluding carboxylic acids is 2. The molecular weight excluding hydrogens is 461 g/mol. The molecule has 2 aromatic carbocycles. The highest BCUT2D eigenvalue weighted by atomic mass is 19.4. The molecule has 0 bridgehead atoms. The first-order valence-electron chi connectivity index (χ1n) is 11.0. The van der Waals surface area contributed by atoms with E-state index in [0.29, 0.717) is 36.0 Å². The zero-order valence-electron chi connectivity index (χ0n) is 18.7. The van der Waals surface area contributed by atoms with E-state index in [1.54, 1.807) is 12.1 Å². The second-order valence-corrected chi connectivity index (χ2v) is 8.36. The van der Waals surface area contributed by atoms with Crippen molar-refractivity contribution in [1.29, 1.82) is 0 Å². The van der Waals surface area contributed by atoms with Gasteiger partial charge < -0.3 is 20.4 Å². The zero-order chi connectivity index (χ0) is 24.7. The molecule has 180 valence electrons. The van der Waals surface area contributed by atoms with Gasteiger partial charge in [0.05, 0.1) is 28.1 Å². The molecule has 2 aliphatic rings. The molecule has 2 aliphatic heterocycles. The minimum absolute atomic E-state index is 0.207. The van der Waals surface area contributed by atoms with Crippen LogP contribution in [0.5, 0.6) is 0 Å². The van der Waals surface area contributed by atoms with Crippen molar-refractivity contribution >= 4 is 34.8 Å². The Morgan fingerprint density at radius 2 is 1.71 bits per heavy atom. The lowest BCUT2D eigenvalue weighted by Gasteiger charge is -2.35. The Kier molecular flexibility index (Phi) is 5.54. The number of para-hydroxylation sites is 1. The molecule has 0 radical (unpaired) electrons. The van der Waals surface area contributed by atoms with Crippen molar-refractivity contribution in [2.24, 2.45) is 0 Å². The third-order valence-electron chi connectivity index (χ3n) is 6.14. The SMILES string of the molecule is Cc1cccc2c1Nc1nnc(N3CCN(C(=O)c4ccccc4C(F)(F)F)CC3)cc1C(=O)N2.